The number of aryl methyl sites for hydroxylation is 1. The summed E-state index contributed by atoms with van der Waals surface area (Å²) in [5.74, 6) is 0.973. The van der Waals surface area contributed by atoms with E-state index in [4.69, 9.17) is 4.74 Å². The molecule has 138 valence electrons. The number of hydrogen-bond donors (Lipinski definition) is 2. The zero-order chi connectivity index (χ0) is 16.9. The van der Waals surface area contributed by atoms with E-state index in [2.05, 4.69) is 29.1 Å². The Bertz CT molecular complexity index is 608. The Hall–Kier alpha value is -0.820. The maximum absolute atomic E-state index is 11.2. The normalized spacial score (nSPS) is 18.4. The Morgan fingerprint density at radius 2 is 2.12 bits per heavy atom. The van der Waals surface area contributed by atoms with Crippen LogP contribution in [0.15, 0.2) is 18.2 Å². The zero-order valence-electron chi connectivity index (χ0n) is 14.7. The number of halogens is 1. The summed E-state index contributed by atoms with van der Waals surface area (Å²) in [5.41, 5.74) is 2.69. The molecular formula is C17H29ClN2O3S. The zero-order valence-corrected chi connectivity index (χ0v) is 16.3. The van der Waals surface area contributed by atoms with Gasteiger partial charge in [0.15, 0.2) is 0 Å². The summed E-state index contributed by atoms with van der Waals surface area (Å²) >= 11 is 0. The maximum atomic E-state index is 11.2. The molecule has 0 aromatic heterocycles. The van der Waals surface area contributed by atoms with Gasteiger partial charge in [0.2, 0.25) is 10.0 Å². The molecule has 0 radical (unpaired) electrons. The fourth-order valence-corrected chi connectivity index (χ4v) is 3.73. The van der Waals surface area contributed by atoms with Gasteiger partial charge in [-0.2, -0.15) is 0 Å². The van der Waals surface area contributed by atoms with Crippen LogP contribution in [-0.2, 0) is 22.9 Å². The van der Waals surface area contributed by atoms with Gasteiger partial charge in [-0.25, -0.2) is 13.1 Å². The summed E-state index contributed by atoms with van der Waals surface area (Å²) in [6.07, 6.45) is 6.12. The average Bonchev–Trinajstić information content (AvgIpc) is 2.52. The van der Waals surface area contributed by atoms with Crippen LogP contribution in [0.1, 0.15) is 37.3 Å². The van der Waals surface area contributed by atoms with Crippen molar-refractivity contribution in [1.29, 1.82) is 0 Å². The van der Waals surface area contributed by atoms with Gasteiger partial charge in [0.25, 0.3) is 0 Å². The molecule has 0 spiro atoms. The van der Waals surface area contributed by atoms with Crippen molar-refractivity contribution in [3.05, 3.63) is 29.3 Å². The Labute approximate surface area is 152 Å². The van der Waals surface area contributed by atoms with E-state index in [1.807, 2.05) is 6.07 Å². The highest BCUT2D eigenvalue weighted by molar-refractivity contribution is 7.88. The summed E-state index contributed by atoms with van der Waals surface area (Å²) in [4.78, 5) is 0. The van der Waals surface area contributed by atoms with Crippen LogP contribution < -0.4 is 14.8 Å². The van der Waals surface area contributed by atoms with Gasteiger partial charge in [0.05, 0.1) is 13.4 Å². The summed E-state index contributed by atoms with van der Waals surface area (Å²) < 4.78 is 30.4. The van der Waals surface area contributed by atoms with Crippen molar-refractivity contribution >= 4 is 22.4 Å². The lowest BCUT2D eigenvalue weighted by Gasteiger charge is -2.30. The predicted molar refractivity (Wildman–Crippen MR) is 101 cm³/mol. The Balaban J connectivity index is 0.00000288. The molecule has 2 unspecified atom stereocenters. The second-order valence-electron chi connectivity index (χ2n) is 6.26. The molecule has 2 N–H and O–H groups in total. The standard InChI is InChI=1S/C17H28N2O3S.ClH/c1-4-14(10-11-18-23(3,20)21)19-15-9-8-13-6-5-7-17(22-2)16(13)12-15;/h5-7,14-15,18-19H,4,8-12H2,1-3H3;1H. The molecule has 0 bridgehead atoms. The third-order valence-corrected chi connectivity index (χ3v) is 5.21. The van der Waals surface area contributed by atoms with E-state index in [9.17, 15) is 8.42 Å². The van der Waals surface area contributed by atoms with Crippen LogP contribution in [0.3, 0.4) is 0 Å². The highest BCUT2D eigenvalue weighted by atomic mass is 35.5. The van der Waals surface area contributed by atoms with Gasteiger partial charge in [0.1, 0.15) is 5.75 Å². The molecule has 0 heterocycles. The highest BCUT2D eigenvalue weighted by Gasteiger charge is 2.23. The van der Waals surface area contributed by atoms with Crippen molar-refractivity contribution in [2.75, 3.05) is 19.9 Å². The lowest BCUT2D eigenvalue weighted by molar-refractivity contribution is 0.359. The molecule has 5 nitrogen and oxygen atoms in total. The molecule has 7 heteroatoms. The smallest absolute Gasteiger partial charge is 0.208 e. The quantitative estimate of drug-likeness (QED) is 0.730. The van der Waals surface area contributed by atoms with Crippen LogP contribution in [0.25, 0.3) is 0 Å². The Morgan fingerprint density at radius 3 is 2.75 bits per heavy atom. The maximum Gasteiger partial charge on any atom is 0.208 e. The molecule has 0 amide bonds. The van der Waals surface area contributed by atoms with E-state index < -0.39 is 10.0 Å². The molecule has 0 fully saturated rings. The molecule has 1 aromatic rings. The van der Waals surface area contributed by atoms with Gasteiger partial charge in [-0.3, -0.25) is 0 Å². The molecule has 2 atom stereocenters. The molecule has 2 rings (SSSR count). The van der Waals surface area contributed by atoms with Crippen LogP contribution in [0.4, 0.5) is 0 Å². The van der Waals surface area contributed by atoms with Gasteiger partial charge in [-0.15, -0.1) is 12.4 Å². The van der Waals surface area contributed by atoms with Crippen LogP contribution in [0, 0.1) is 0 Å². The van der Waals surface area contributed by atoms with Crippen LogP contribution >= 0.6 is 12.4 Å². The molecule has 0 aliphatic heterocycles. The largest absolute Gasteiger partial charge is 0.496 e. The van der Waals surface area contributed by atoms with Crippen LogP contribution in [0.2, 0.25) is 0 Å². The van der Waals surface area contributed by atoms with Crippen molar-refractivity contribution in [3.8, 4) is 5.75 Å². The molecule has 1 aliphatic rings. The summed E-state index contributed by atoms with van der Waals surface area (Å²) in [6, 6.07) is 7.00. The minimum absolute atomic E-state index is 0. The number of rotatable bonds is 8. The van der Waals surface area contributed by atoms with E-state index in [0.717, 1.165) is 37.9 Å². The van der Waals surface area contributed by atoms with Crippen molar-refractivity contribution in [2.24, 2.45) is 0 Å². The third-order valence-electron chi connectivity index (χ3n) is 4.48. The molecule has 24 heavy (non-hydrogen) atoms. The number of sulfonamides is 1. The first-order valence-electron chi connectivity index (χ1n) is 8.28. The number of benzene rings is 1. The second-order valence-corrected chi connectivity index (χ2v) is 8.10. The van der Waals surface area contributed by atoms with Gasteiger partial charge in [-0.1, -0.05) is 19.1 Å². The third kappa shape index (κ3) is 6.24. The first-order chi connectivity index (χ1) is 10.9. The average molecular weight is 377 g/mol. The summed E-state index contributed by atoms with van der Waals surface area (Å²) in [5, 5.41) is 3.69. The SMILES string of the molecule is CCC(CCNS(C)(=O)=O)NC1CCc2cccc(OC)c2C1.Cl. The number of ether oxygens (including phenoxy) is 1. The molecule has 1 aliphatic carbocycles. The molecule has 0 saturated heterocycles. The summed E-state index contributed by atoms with van der Waals surface area (Å²) in [6.45, 7) is 2.62. The van der Waals surface area contributed by atoms with Crippen molar-refractivity contribution in [1.82, 2.24) is 10.0 Å². The number of nitrogens with one attached hydrogen (secondary N) is 2. The van der Waals surface area contributed by atoms with Gasteiger partial charge < -0.3 is 10.1 Å². The van der Waals surface area contributed by atoms with Crippen LogP contribution in [0.5, 0.6) is 5.75 Å². The van der Waals surface area contributed by atoms with Gasteiger partial charge >= 0.3 is 0 Å². The lowest BCUT2D eigenvalue weighted by atomic mass is 9.87. The van der Waals surface area contributed by atoms with E-state index in [0.29, 0.717) is 18.6 Å². The molecule has 0 saturated carbocycles. The topological polar surface area (TPSA) is 67.4 Å². The minimum atomic E-state index is -3.10. The summed E-state index contributed by atoms with van der Waals surface area (Å²) in [7, 11) is -1.38. The Kier molecular flexibility index (Phi) is 8.50. The van der Waals surface area contributed by atoms with Gasteiger partial charge in [-0.05, 0) is 49.3 Å². The highest BCUT2D eigenvalue weighted by Crippen LogP contribution is 2.29. The van der Waals surface area contributed by atoms with E-state index in [1.165, 1.54) is 17.4 Å². The fraction of sp³-hybridized carbons (Fsp3) is 0.647. The molecule has 1 aromatic carbocycles. The van der Waals surface area contributed by atoms with Crippen molar-refractivity contribution < 1.29 is 13.2 Å². The number of hydrogen-bond acceptors (Lipinski definition) is 4. The first kappa shape index (κ1) is 21.2. The van der Waals surface area contributed by atoms with E-state index in [-0.39, 0.29) is 12.4 Å². The predicted octanol–water partition coefficient (Wildman–Crippen LogP) is 2.28. The van der Waals surface area contributed by atoms with E-state index in [1.54, 1.807) is 7.11 Å². The van der Waals surface area contributed by atoms with Gasteiger partial charge in [0, 0.05) is 18.6 Å². The Morgan fingerprint density at radius 1 is 1.38 bits per heavy atom. The number of methoxy groups -OCH3 is 1. The lowest BCUT2D eigenvalue weighted by Crippen LogP contribution is -2.43. The molecular weight excluding hydrogens is 348 g/mol. The van der Waals surface area contributed by atoms with Crippen LogP contribution in [-0.4, -0.2) is 40.4 Å². The van der Waals surface area contributed by atoms with Crippen molar-refractivity contribution in [2.45, 2.75) is 51.1 Å². The fourth-order valence-electron chi connectivity index (χ4n) is 3.25. The monoisotopic (exact) mass is 376 g/mol. The van der Waals surface area contributed by atoms with E-state index >= 15 is 0 Å². The first-order valence-corrected chi connectivity index (χ1v) is 10.2. The second kappa shape index (κ2) is 9.61. The minimum Gasteiger partial charge on any atom is -0.496 e. The number of fused-ring (bicyclic) bond motifs is 1. The van der Waals surface area contributed by atoms with Crippen molar-refractivity contribution in [3.63, 3.8) is 0 Å².